The van der Waals surface area contributed by atoms with E-state index in [1.807, 2.05) is 6.07 Å². The van der Waals surface area contributed by atoms with Crippen LogP contribution in [0.2, 0.25) is 0 Å². The summed E-state index contributed by atoms with van der Waals surface area (Å²) < 4.78 is 23.7. The van der Waals surface area contributed by atoms with E-state index in [0.717, 1.165) is 17.5 Å². The summed E-state index contributed by atoms with van der Waals surface area (Å²) in [6, 6.07) is 6.78. The minimum absolute atomic E-state index is 0.240. The predicted octanol–water partition coefficient (Wildman–Crippen LogP) is 2.27. The zero-order valence-corrected chi connectivity index (χ0v) is 10.6. The highest BCUT2D eigenvalue weighted by atomic mass is 19.1. The fraction of sp³-hybridized carbons (Fsp3) is 0.214. The predicted molar refractivity (Wildman–Crippen MR) is 69.4 cm³/mol. The molecule has 2 N–H and O–H groups in total. The molecule has 0 aliphatic carbocycles. The standard InChI is InChI=1S/C14H15FN2O2/c1-18-13-2-3-14(11(5-13)6-16)19-9-10-4-12(15)8-17-7-10/h2-5,7-8H,6,9,16H2,1H3. The Labute approximate surface area is 111 Å². The van der Waals surface area contributed by atoms with Crippen molar-refractivity contribution in [1.82, 2.24) is 4.98 Å². The lowest BCUT2D eigenvalue weighted by atomic mass is 10.2. The van der Waals surface area contributed by atoms with Crippen LogP contribution in [0.1, 0.15) is 11.1 Å². The summed E-state index contributed by atoms with van der Waals surface area (Å²) in [5.41, 5.74) is 7.16. The van der Waals surface area contributed by atoms with Crippen molar-refractivity contribution < 1.29 is 13.9 Å². The summed E-state index contributed by atoms with van der Waals surface area (Å²) in [7, 11) is 1.59. The van der Waals surface area contributed by atoms with Crippen molar-refractivity contribution in [1.29, 1.82) is 0 Å². The van der Waals surface area contributed by atoms with Crippen LogP contribution in [-0.2, 0) is 13.2 Å². The second kappa shape index (κ2) is 6.15. The first-order valence-electron chi connectivity index (χ1n) is 5.82. The molecule has 2 rings (SSSR count). The molecule has 0 atom stereocenters. The van der Waals surface area contributed by atoms with Crippen molar-refractivity contribution in [2.45, 2.75) is 13.2 Å². The maximum atomic E-state index is 13.0. The summed E-state index contributed by atoms with van der Waals surface area (Å²) in [5, 5.41) is 0. The Morgan fingerprint density at radius 1 is 1.26 bits per heavy atom. The summed E-state index contributed by atoms with van der Waals surface area (Å²) in [6.45, 7) is 0.581. The molecule has 0 saturated heterocycles. The van der Waals surface area contributed by atoms with Gasteiger partial charge in [0.15, 0.2) is 0 Å². The summed E-state index contributed by atoms with van der Waals surface area (Å²) in [6.07, 6.45) is 2.72. The third-order valence-corrected chi connectivity index (χ3v) is 2.64. The minimum Gasteiger partial charge on any atom is -0.497 e. The molecule has 0 fully saturated rings. The molecule has 0 aliphatic rings. The minimum atomic E-state index is -0.380. The fourth-order valence-electron chi connectivity index (χ4n) is 1.68. The third-order valence-electron chi connectivity index (χ3n) is 2.64. The van der Waals surface area contributed by atoms with Crippen LogP contribution >= 0.6 is 0 Å². The zero-order chi connectivity index (χ0) is 13.7. The lowest BCUT2D eigenvalue weighted by Crippen LogP contribution is -2.03. The van der Waals surface area contributed by atoms with E-state index >= 15 is 0 Å². The van der Waals surface area contributed by atoms with Gasteiger partial charge in [-0.1, -0.05) is 0 Å². The maximum absolute atomic E-state index is 13.0. The molecule has 1 aromatic carbocycles. The number of aromatic nitrogens is 1. The average Bonchev–Trinajstić information content (AvgIpc) is 2.45. The molecule has 0 radical (unpaired) electrons. The summed E-state index contributed by atoms with van der Waals surface area (Å²) in [4.78, 5) is 3.77. The van der Waals surface area contributed by atoms with Gasteiger partial charge < -0.3 is 15.2 Å². The number of pyridine rings is 1. The first kappa shape index (κ1) is 13.3. The van der Waals surface area contributed by atoms with Gasteiger partial charge in [0.1, 0.15) is 23.9 Å². The first-order chi connectivity index (χ1) is 9.22. The molecular formula is C14H15FN2O2. The lowest BCUT2D eigenvalue weighted by Gasteiger charge is -2.11. The van der Waals surface area contributed by atoms with E-state index in [1.165, 1.54) is 6.07 Å². The number of nitrogens with two attached hydrogens (primary N) is 1. The van der Waals surface area contributed by atoms with E-state index in [-0.39, 0.29) is 12.4 Å². The molecule has 1 aromatic heterocycles. The van der Waals surface area contributed by atoms with Gasteiger partial charge in [-0.2, -0.15) is 0 Å². The van der Waals surface area contributed by atoms with Crippen LogP contribution in [0.25, 0.3) is 0 Å². The van der Waals surface area contributed by atoms with Crippen molar-refractivity contribution in [3.63, 3.8) is 0 Å². The Balaban J connectivity index is 2.11. The highest BCUT2D eigenvalue weighted by Crippen LogP contribution is 2.24. The van der Waals surface area contributed by atoms with Crippen molar-refractivity contribution in [2.24, 2.45) is 5.73 Å². The molecule has 0 spiro atoms. The number of ether oxygens (including phenoxy) is 2. The Kier molecular flexibility index (Phi) is 4.30. The number of hydrogen-bond donors (Lipinski definition) is 1. The quantitative estimate of drug-likeness (QED) is 0.898. The van der Waals surface area contributed by atoms with Gasteiger partial charge in [0, 0.05) is 23.9 Å². The second-order valence-electron chi connectivity index (χ2n) is 3.98. The van der Waals surface area contributed by atoms with Gasteiger partial charge in [0.25, 0.3) is 0 Å². The van der Waals surface area contributed by atoms with Gasteiger partial charge in [-0.25, -0.2) is 4.39 Å². The number of benzene rings is 1. The van der Waals surface area contributed by atoms with Crippen LogP contribution in [0, 0.1) is 5.82 Å². The van der Waals surface area contributed by atoms with Crippen LogP contribution in [0.3, 0.4) is 0 Å². The number of rotatable bonds is 5. The van der Waals surface area contributed by atoms with Crippen LogP contribution in [0.4, 0.5) is 4.39 Å². The molecule has 5 heteroatoms. The first-order valence-corrected chi connectivity index (χ1v) is 5.82. The molecule has 4 nitrogen and oxygen atoms in total. The molecule has 0 saturated carbocycles. The molecule has 0 unspecified atom stereocenters. The van der Waals surface area contributed by atoms with Gasteiger partial charge in [0.2, 0.25) is 0 Å². The topological polar surface area (TPSA) is 57.4 Å². The molecule has 0 aliphatic heterocycles. The van der Waals surface area contributed by atoms with E-state index in [1.54, 1.807) is 25.4 Å². The number of nitrogens with zero attached hydrogens (tertiary/aromatic N) is 1. The van der Waals surface area contributed by atoms with Gasteiger partial charge in [-0.05, 0) is 24.3 Å². The van der Waals surface area contributed by atoms with Gasteiger partial charge >= 0.3 is 0 Å². The largest absolute Gasteiger partial charge is 0.497 e. The van der Waals surface area contributed by atoms with Gasteiger partial charge in [-0.15, -0.1) is 0 Å². The third kappa shape index (κ3) is 3.42. The van der Waals surface area contributed by atoms with Crippen LogP contribution in [0.5, 0.6) is 11.5 Å². The van der Waals surface area contributed by atoms with E-state index in [9.17, 15) is 4.39 Å². The lowest BCUT2D eigenvalue weighted by molar-refractivity contribution is 0.301. The van der Waals surface area contributed by atoms with Gasteiger partial charge in [0.05, 0.1) is 13.3 Å². The summed E-state index contributed by atoms with van der Waals surface area (Å²) >= 11 is 0. The normalized spacial score (nSPS) is 10.3. The smallest absolute Gasteiger partial charge is 0.141 e. The zero-order valence-electron chi connectivity index (χ0n) is 10.6. The van der Waals surface area contributed by atoms with Crippen molar-refractivity contribution >= 4 is 0 Å². The van der Waals surface area contributed by atoms with E-state index in [4.69, 9.17) is 15.2 Å². The Bertz CT molecular complexity index is 561. The molecule has 0 bridgehead atoms. The van der Waals surface area contributed by atoms with E-state index < -0.39 is 0 Å². The molecule has 2 aromatic rings. The molecule has 100 valence electrons. The number of hydrogen-bond acceptors (Lipinski definition) is 4. The molecular weight excluding hydrogens is 247 g/mol. The number of methoxy groups -OCH3 is 1. The van der Waals surface area contributed by atoms with Crippen LogP contribution in [-0.4, -0.2) is 12.1 Å². The second-order valence-corrected chi connectivity index (χ2v) is 3.98. The average molecular weight is 262 g/mol. The van der Waals surface area contributed by atoms with Crippen molar-refractivity contribution in [2.75, 3.05) is 7.11 Å². The summed E-state index contributed by atoms with van der Waals surface area (Å²) in [5.74, 6) is 1.00. The van der Waals surface area contributed by atoms with Crippen molar-refractivity contribution in [3.05, 3.63) is 53.6 Å². The molecule has 19 heavy (non-hydrogen) atoms. The highest BCUT2D eigenvalue weighted by Gasteiger charge is 2.05. The maximum Gasteiger partial charge on any atom is 0.141 e. The van der Waals surface area contributed by atoms with E-state index in [0.29, 0.717) is 17.9 Å². The number of halogens is 1. The fourth-order valence-corrected chi connectivity index (χ4v) is 1.68. The van der Waals surface area contributed by atoms with Gasteiger partial charge in [-0.3, -0.25) is 4.98 Å². The monoisotopic (exact) mass is 262 g/mol. The SMILES string of the molecule is COc1ccc(OCc2cncc(F)c2)c(CN)c1. The molecule has 1 heterocycles. The van der Waals surface area contributed by atoms with Crippen molar-refractivity contribution in [3.8, 4) is 11.5 Å². The molecule has 0 amide bonds. The Morgan fingerprint density at radius 3 is 2.79 bits per heavy atom. The Hall–Kier alpha value is -2.14. The van der Waals surface area contributed by atoms with E-state index in [2.05, 4.69) is 4.98 Å². The highest BCUT2D eigenvalue weighted by molar-refractivity contribution is 5.40. The van der Waals surface area contributed by atoms with Crippen LogP contribution < -0.4 is 15.2 Å². The van der Waals surface area contributed by atoms with Crippen LogP contribution in [0.15, 0.2) is 36.7 Å². The Morgan fingerprint density at radius 2 is 2.11 bits per heavy atom.